The number of ketones is 1. The van der Waals surface area contributed by atoms with Crippen LogP contribution in [0.15, 0.2) is 35.9 Å². The third kappa shape index (κ3) is 4.15. The van der Waals surface area contributed by atoms with E-state index in [4.69, 9.17) is 0 Å². The minimum atomic E-state index is 0.228. The van der Waals surface area contributed by atoms with Crippen LogP contribution >= 0.6 is 0 Å². The number of Topliss-reactive ketones (excluding diaryl/α,β-unsaturated/α-hetero) is 1. The van der Waals surface area contributed by atoms with Gasteiger partial charge < -0.3 is 0 Å². The van der Waals surface area contributed by atoms with Crippen molar-refractivity contribution in [3.05, 3.63) is 52.6 Å². The van der Waals surface area contributed by atoms with Gasteiger partial charge in [-0.25, -0.2) is 0 Å². The summed E-state index contributed by atoms with van der Waals surface area (Å²) < 4.78 is 0. The van der Waals surface area contributed by atoms with Gasteiger partial charge in [0.1, 0.15) is 0 Å². The fraction of sp³-hybridized carbons (Fsp3) is 0.421. The minimum absolute atomic E-state index is 0.228. The average molecular weight is 283 g/mol. The molecule has 0 N–H and O–H groups in total. The van der Waals surface area contributed by atoms with Crippen molar-refractivity contribution in [1.82, 2.24) is 4.90 Å². The Balaban J connectivity index is 2.10. The van der Waals surface area contributed by atoms with Crippen molar-refractivity contribution in [3.63, 3.8) is 0 Å². The number of carbonyl (C=O) groups excluding carboxylic acids is 1. The maximum Gasteiger partial charge on any atom is 0.176 e. The van der Waals surface area contributed by atoms with Gasteiger partial charge in [0.15, 0.2) is 5.78 Å². The summed E-state index contributed by atoms with van der Waals surface area (Å²) in [5.74, 6) is 0.228. The van der Waals surface area contributed by atoms with Crippen molar-refractivity contribution in [3.8, 4) is 0 Å². The van der Waals surface area contributed by atoms with Crippen LogP contribution in [0.1, 0.15) is 48.7 Å². The molecule has 0 unspecified atom stereocenters. The molecule has 21 heavy (non-hydrogen) atoms. The fourth-order valence-electron chi connectivity index (χ4n) is 2.85. The molecule has 2 heteroatoms. The molecule has 2 nitrogen and oxygen atoms in total. The van der Waals surface area contributed by atoms with Gasteiger partial charge in [0.05, 0.1) is 6.54 Å². The lowest BCUT2D eigenvalue weighted by Crippen LogP contribution is -2.34. The Morgan fingerprint density at radius 3 is 2.86 bits per heavy atom. The lowest BCUT2D eigenvalue weighted by Gasteiger charge is -2.25. The maximum absolute atomic E-state index is 12.5. The molecule has 0 aromatic heterocycles. The second-order valence-electron chi connectivity index (χ2n) is 5.74. The van der Waals surface area contributed by atoms with Gasteiger partial charge in [-0.2, -0.15) is 0 Å². The van der Waals surface area contributed by atoms with Crippen molar-refractivity contribution in [2.45, 2.75) is 33.6 Å². The van der Waals surface area contributed by atoms with Crippen LogP contribution in [0.3, 0.4) is 0 Å². The number of nitrogens with zero attached hydrogens (tertiary/aromatic N) is 1. The summed E-state index contributed by atoms with van der Waals surface area (Å²) in [5.41, 5.74) is 4.67. The van der Waals surface area contributed by atoms with Gasteiger partial charge in [-0.3, -0.25) is 9.69 Å². The van der Waals surface area contributed by atoms with Gasteiger partial charge in [-0.05, 0) is 43.9 Å². The largest absolute Gasteiger partial charge is 0.293 e. The molecule has 0 fully saturated rings. The van der Waals surface area contributed by atoms with Crippen molar-refractivity contribution in [1.29, 1.82) is 0 Å². The van der Waals surface area contributed by atoms with E-state index in [1.807, 2.05) is 19.1 Å². The summed E-state index contributed by atoms with van der Waals surface area (Å²) in [7, 11) is 0. The Morgan fingerprint density at radius 2 is 2.19 bits per heavy atom. The highest BCUT2D eigenvalue weighted by Crippen LogP contribution is 2.16. The normalized spacial score (nSPS) is 16.2. The van der Waals surface area contributed by atoms with E-state index in [0.717, 1.165) is 31.5 Å². The smallest absolute Gasteiger partial charge is 0.176 e. The number of hydrogen-bond acceptors (Lipinski definition) is 2. The average Bonchev–Trinajstić information content (AvgIpc) is 2.48. The molecule has 1 aromatic rings. The Bertz CT molecular complexity index is 569. The van der Waals surface area contributed by atoms with Crippen LogP contribution in [-0.2, 0) is 6.42 Å². The van der Waals surface area contributed by atoms with E-state index in [9.17, 15) is 4.79 Å². The first-order chi connectivity index (χ1) is 10.1. The maximum atomic E-state index is 12.5. The summed E-state index contributed by atoms with van der Waals surface area (Å²) in [6, 6.07) is 6.08. The Morgan fingerprint density at radius 1 is 1.38 bits per heavy atom. The molecule has 1 aliphatic heterocycles. The quantitative estimate of drug-likeness (QED) is 0.598. The third-order valence-corrected chi connectivity index (χ3v) is 3.97. The molecule has 2 rings (SSSR count). The first-order valence-electron chi connectivity index (χ1n) is 7.80. The van der Waals surface area contributed by atoms with Crippen molar-refractivity contribution in [2.24, 2.45) is 0 Å². The van der Waals surface area contributed by atoms with E-state index < -0.39 is 0 Å². The summed E-state index contributed by atoms with van der Waals surface area (Å²) >= 11 is 0. The van der Waals surface area contributed by atoms with Crippen LogP contribution in [0.4, 0.5) is 0 Å². The molecular weight excluding hydrogens is 258 g/mol. The van der Waals surface area contributed by atoms with E-state index in [0.29, 0.717) is 6.54 Å². The van der Waals surface area contributed by atoms with Crippen LogP contribution < -0.4 is 0 Å². The van der Waals surface area contributed by atoms with Crippen LogP contribution in [-0.4, -0.2) is 30.3 Å². The zero-order chi connectivity index (χ0) is 15.2. The highest BCUT2D eigenvalue weighted by Gasteiger charge is 2.15. The topological polar surface area (TPSA) is 20.3 Å². The molecule has 0 saturated carbocycles. The van der Waals surface area contributed by atoms with Crippen molar-refractivity contribution >= 4 is 11.9 Å². The highest BCUT2D eigenvalue weighted by molar-refractivity contribution is 5.98. The molecule has 0 spiro atoms. The van der Waals surface area contributed by atoms with Crippen molar-refractivity contribution < 1.29 is 4.79 Å². The number of hydrogen-bond donors (Lipinski definition) is 0. The van der Waals surface area contributed by atoms with Crippen LogP contribution in [0.5, 0.6) is 0 Å². The second kappa shape index (κ2) is 7.37. The zero-order valence-electron chi connectivity index (χ0n) is 13.4. The fourth-order valence-corrected chi connectivity index (χ4v) is 2.85. The van der Waals surface area contributed by atoms with Crippen molar-refractivity contribution in [2.75, 3.05) is 19.6 Å². The monoisotopic (exact) mass is 283 g/mol. The highest BCUT2D eigenvalue weighted by atomic mass is 16.1. The molecule has 1 aromatic carbocycles. The summed E-state index contributed by atoms with van der Waals surface area (Å²) in [4.78, 5) is 14.7. The first-order valence-corrected chi connectivity index (χ1v) is 7.80. The molecule has 0 aliphatic carbocycles. The van der Waals surface area contributed by atoms with Crippen LogP contribution in [0.2, 0.25) is 0 Å². The van der Waals surface area contributed by atoms with E-state index in [1.54, 1.807) is 0 Å². The number of rotatable bonds is 5. The molecule has 1 heterocycles. The van der Waals surface area contributed by atoms with Crippen LogP contribution in [0, 0.1) is 0 Å². The molecule has 0 radical (unpaired) electrons. The minimum Gasteiger partial charge on any atom is -0.293 e. The third-order valence-electron chi connectivity index (χ3n) is 3.97. The molecule has 0 atom stereocenters. The number of aryl methyl sites for hydroxylation is 1. The van der Waals surface area contributed by atoms with Gasteiger partial charge >= 0.3 is 0 Å². The zero-order valence-corrected chi connectivity index (χ0v) is 13.4. The summed E-state index contributed by atoms with van der Waals surface area (Å²) in [6.45, 7) is 8.72. The van der Waals surface area contributed by atoms with Gasteiger partial charge in [-0.15, -0.1) is 0 Å². The van der Waals surface area contributed by atoms with Crippen LogP contribution in [0.25, 0.3) is 6.08 Å². The predicted molar refractivity (Wildman–Crippen MR) is 89.7 cm³/mol. The van der Waals surface area contributed by atoms with Gasteiger partial charge in [0, 0.05) is 18.7 Å². The van der Waals surface area contributed by atoms with E-state index >= 15 is 0 Å². The van der Waals surface area contributed by atoms with E-state index in [1.165, 1.54) is 16.7 Å². The summed E-state index contributed by atoms with van der Waals surface area (Å²) in [5, 5.41) is 0. The summed E-state index contributed by atoms with van der Waals surface area (Å²) in [6.07, 6.45) is 8.42. The standard InChI is InChI=1S/C19H25NO/c1-4-7-17-9-10-18(12-16(17)5-2)19(21)14-20-11-6-8-15(3)13-20/h4,7-10,12H,5-6,11,13-14H2,1-3H3/b7-4-. The van der Waals surface area contributed by atoms with Gasteiger partial charge in [-0.1, -0.05) is 42.9 Å². The second-order valence-corrected chi connectivity index (χ2v) is 5.74. The Labute approximate surface area is 128 Å². The number of carbonyl (C=O) groups is 1. The van der Waals surface area contributed by atoms with E-state index in [2.05, 4.69) is 43.0 Å². The lowest BCUT2D eigenvalue weighted by atomic mass is 9.99. The molecule has 0 bridgehead atoms. The van der Waals surface area contributed by atoms with Gasteiger partial charge in [0.2, 0.25) is 0 Å². The molecular formula is C19H25NO. The SMILES string of the molecule is C/C=C\c1ccc(C(=O)CN2CCC=C(C)C2)cc1CC. The molecule has 1 aliphatic rings. The van der Waals surface area contributed by atoms with E-state index in [-0.39, 0.29) is 5.78 Å². The number of benzene rings is 1. The van der Waals surface area contributed by atoms with Gasteiger partial charge in [0.25, 0.3) is 0 Å². The Kier molecular flexibility index (Phi) is 5.51. The predicted octanol–water partition coefficient (Wildman–Crippen LogP) is 4.12. The molecule has 0 amide bonds. The lowest BCUT2D eigenvalue weighted by molar-refractivity contribution is 0.0935. The molecule has 0 saturated heterocycles. The first kappa shape index (κ1) is 15.7. The Hall–Kier alpha value is -1.67. The number of allylic oxidation sites excluding steroid dienone is 1. The molecule has 112 valence electrons.